The Labute approximate surface area is 224 Å². The van der Waals surface area contributed by atoms with Crippen LogP contribution in [0.3, 0.4) is 0 Å². The third kappa shape index (κ3) is 3.80. The molecule has 12 nitrogen and oxygen atoms in total. The van der Waals surface area contributed by atoms with E-state index in [-0.39, 0.29) is 29.6 Å². The molecule has 3 aliphatic heterocycles. The Morgan fingerprint density at radius 1 is 1.26 bits per heavy atom. The molecule has 0 aromatic carbocycles. The standard InChI is InChI=1S/C27H28N10O2/c1-15(2)32-21-7-22(23-5-4-18-6-17(9-28)10-31-37(18)23)29-11-20(21)25-33-34-26(39-25)36-19-8-27(14-30-27)24(36)13-35(12-19)16(3)38/h4-7,10-11,15,19,24,30H,8,12-14H2,1-3H3,(H,29,32). The molecule has 7 rings (SSSR count). The van der Waals surface area contributed by atoms with Crippen molar-refractivity contribution in [3.05, 3.63) is 42.2 Å². The van der Waals surface area contributed by atoms with Crippen molar-refractivity contribution in [1.82, 2.24) is 35.0 Å². The van der Waals surface area contributed by atoms with Gasteiger partial charge in [0, 0.05) is 38.8 Å². The highest BCUT2D eigenvalue weighted by molar-refractivity contribution is 5.77. The minimum atomic E-state index is 0.0130. The fraction of sp³-hybridized carbons (Fsp3) is 0.407. The molecule has 4 aromatic heterocycles. The van der Waals surface area contributed by atoms with Crippen LogP contribution in [0.5, 0.6) is 0 Å². The number of carbonyl (C=O) groups is 1. The van der Waals surface area contributed by atoms with Gasteiger partial charge >= 0.3 is 6.01 Å². The van der Waals surface area contributed by atoms with Crippen molar-refractivity contribution in [2.75, 3.05) is 29.9 Å². The second-order valence-electron chi connectivity index (χ2n) is 10.9. The summed E-state index contributed by atoms with van der Waals surface area (Å²) in [6, 6.07) is 10.6. The summed E-state index contributed by atoms with van der Waals surface area (Å²) in [7, 11) is 0. The Morgan fingerprint density at radius 3 is 2.85 bits per heavy atom. The third-order valence-corrected chi connectivity index (χ3v) is 7.97. The van der Waals surface area contributed by atoms with E-state index in [0.717, 1.165) is 35.6 Å². The second kappa shape index (κ2) is 8.51. The van der Waals surface area contributed by atoms with Gasteiger partial charge in [0.15, 0.2) is 0 Å². The van der Waals surface area contributed by atoms with Crippen LogP contribution in [0.2, 0.25) is 0 Å². The van der Waals surface area contributed by atoms with E-state index in [1.807, 2.05) is 23.1 Å². The van der Waals surface area contributed by atoms with Crippen molar-refractivity contribution >= 4 is 23.1 Å². The van der Waals surface area contributed by atoms with Crippen LogP contribution in [0, 0.1) is 11.3 Å². The number of pyridine rings is 1. The van der Waals surface area contributed by atoms with E-state index in [2.05, 4.69) is 50.7 Å². The lowest BCUT2D eigenvalue weighted by molar-refractivity contribution is -0.129. The van der Waals surface area contributed by atoms with Crippen molar-refractivity contribution in [3.8, 4) is 28.9 Å². The lowest BCUT2D eigenvalue weighted by Crippen LogP contribution is -2.57. The maximum Gasteiger partial charge on any atom is 0.319 e. The van der Waals surface area contributed by atoms with Gasteiger partial charge in [-0.1, -0.05) is 5.10 Å². The van der Waals surface area contributed by atoms with Gasteiger partial charge in [0.25, 0.3) is 5.89 Å². The van der Waals surface area contributed by atoms with E-state index in [0.29, 0.717) is 36.1 Å². The number of amides is 1. The Balaban J connectivity index is 1.23. The molecule has 3 fully saturated rings. The summed E-state index contributed by atoms with van der Waals surface area (Å²) in [5, 5.41) is 29.5. The summed E-state index contributed by atoms with van der Waals surface area (Å²) < 4.78 is 8.07. The largest absolute Gasteiger partial charge is 0.403 e. The fourth-order valence-electron chi connectivity index (χ4n) is 6.05. The molecule has 2 N–H and O–H groups in total. The summed E-state index contributed by atoms with van der Waals surface area (Å²) in [4.78, 5) is 21.0. The molecule has 12 heteroatoms. The molecule has 3 unspecified atom stereocenters. The number of fused-ring (bicyclic) bond motifs is 4. The number of rotatable bonds is 5. The quantitative estimate of drug-likeness (QED) is 0.372. The van der Waals surface area contributed by atoms with Gasteiger partial charge in [-0.25, -0.2) is 4.52 Å². The first kappa shape index (κ1) is 23.6. The number of likely N-dealkylation sites (tertiary alicyclic amines) is 1. The van der Waals surface area contributed by atoms with Gasteiger partial charge in [0.05, 0.1) is 57.5 Å². The van der Waals surface area contributed by atoms with Gasteiger partial charge in [-0.2, -0.15) is 10.4 Å². The first-order chi connectivity index (χ1) is 18.8. The molecule has 7 heterocycles. The normalized spacial score (nSPS) is 23.6. The fourth-order valence-corrected chi connectivity index (χ4v) is 6.05. The van der Waals surface area contributed by atoms with E-state index in [4.69, 9.17) is 9.40 Å². The minimum absolute atomic E-state index is 0.0130. The maximum atomic E-state index is 12.1. The smallest absolute Gasteiger partial charge is 0.319 e. The van der Waals surface area contributed by atoms with Gasteiger partial charge in [-0.3, -0.25) is 9.78 Å². The number of nitrogens with one attached hydrogen (secondary N) is 2. The third-order valence-electron chi connectivity index (χ3n) is 7.97. The van der Waals surface area contributed by atoms with E-state index in [1.54, 1.807) is 29.9 Å². The zero-order valence-corrected chi connectivity index (χ0v) is 21.9. The van der Waals surface area contributed by atoms with Crippen molar-refractivity contribution < 1.29 is 9.21 Å². The Hall–Kier alpha value is -4.50. The number of hydrogen-bond donors (Lipinski definition) is 2. The Bertz CT molecular complexity index is 1650. The van der Waals surface area contributed by atoms with Gasteiger partial charge in [0.2, 0.25) is 5.91 Å². The average Bonchev–Trinajstić information content (AvgIpc) is 3.26. The zero-order valence-electron chi connectivity index (χ0n) is 21.9. The number of nitriles is 1. The molecule has 0 saturated carbocycles. The molecule has 2 bridgehead atoms. The molecule has 1 amide bonds. The number of carbonyl (C=O) groups excluding carboxylic acids is 1. The molecule has 3 saturated heterocycles. The summed E-state index contributed by atoms with van der Waals surface area (Å²) in [5.41, 5.74) is 4.39. The lowest BCUT2D eigenvalue weighted by Gasteiger charge is -2.40. The van der Waals surface area contributed by atoms with Crippen LogP contribution < -0.4 is 15.5 Å². The highest BCUT2D eigenvalue weighted by Gasteiger charge is 2.63. The average molecular weight is 525 g/mol. The van der Waals surface area contributed by atoms with E-state index in [9.17, 15) is 10.1 Å². The van der Waals surface area contributed by atoms with E-state index in [1.165, 1.54) is 0 Å². The van der Waals surface area contributed by atoms with Crippen LogP contribution in [0.25, 0.3) is 28.4 Å². The van der Waals surface area contributed by atoms with Crippen molar-refractivity contribution in [1.29, 1.82) is 5.26 Å². The first-order valence-corrected chi connectivity index (χ1v) is 13.1. The number of piperazine rings is 1. The Kier molecular flexibility index (Phi) is 5.15. The molecule has 3 aliphatic rings. The zero-order chi connectivity index (χ0) is 26.9. The van der Waals surface area contributed by atoms with Crippen LogP contribution in [0.4, 0.5) is 11.7 Å². The van der Waals surface area contributed by atoms with Crippen LogP contribution >= 0.6 is 0 Å². The molecule has 39 heavy (non-hydrogen) atoms. The summed E-state index contributed by atoms with van der Waals surface area (Å²) in [6.07, 6.45) is 4.24. The van der Waals surface area contributed by atoms with Gasteiger partial charge < -0.3 is 24.9 Å². The first-order valence-electron chi connectivity index (χ1n) is 13.1. The van der Waals surface area contributed by atoms with Crippen molar-refractivity contribution in [2.24, 2.45) is 0 Å². The van der Waals surface area contributed by atoms with Crippen LogP contribution in [0.15, 0.2) is 41.1 Å². The SMILES string of the molecule is CC(=O)N1CC2CC3(CN3)C(C1)N2c1nnc(-c2cnc(-c3ccc4cc(C#N)cnn34)cc2NC(C)C)o1. The predicted octanol–water partition coefficient (Wildman–Crippen LogP) is 2.29. The lowest BCUT2D eigenvalue weighted by atomic mass is 10.0. The highest BCUT2D eigenvalue weighted by atomic mass is 16.4. The Morgan fingerprint density at radius 2 is 2.10 bits per heavy atom. The molecule has 3 atom stereocenters. The number of hydrogen-bond acceptors (Lipinski definition) is 10. The second-order valence-corrected chi connectivity index (χ2v) is 10.9. The van der Waals surface area contributed by atoms with Crippen molar-refractivity contribution in [2.45, 2.75) is 50.9 Å². The molecule has 198 valence electrons. The molecule has 0 radical (unpaired) electrons. The predicted molar refractivity (Wildman–Crippen MR) is 143 cm³/mol. The van der Waals surface area contributed by atoms with Gasteiger partial charge in [0.1, 0.15) is 6.07 Å². The maximum absolute atomic E-state index is 12.1. The van der Waals surface area contributed by atoms with Crippen LogP contribution in [0.1, 0.15) is 32.8 Å². The molecule has 1 spiro atoms. The summed E-state index contributed by atoms with van der Waals surface area (Å²) in [5.74, 6) is 0.482. The topological polar surface area (TPSA) is 150 Å². The monoisotopic (exact) mass is 524 g/mol. The number of aromatic nitrogens is 5. The summed E-state index contributed by atoms with van der Waals surface area (Å²) >= 11 is 0. The van der Waals surface area contributed by atoms with Crippen LogP contribution in [-0.2, 0) is 4.79 Å². The van der Waals surface area contributed by atoms with Crippen LogP contribution in [-0.4, -0.2) is 78.9 Å². The highest BCUT2D eigenvalue weighted by Crippen LogP contribution is 2.46. The number of anilines is 2. The molecular weight excluding hydrogens is 496 g/mol. The number of nitrogens with zero attached hydrogens (tertiary/aromatic N) is 8. The minimum Gasteiger partial charge on any atom is -0.403 e. The molecule has 0 aliphatic carbocycles. The van der Waals surface area contributed by atoms with Gasteiger partial charge in [-0.05, 0) is 44.5 Å². The van der Waals surface area contributed by atoms with E-state index < -0.39 is 0 Å². The molecule has 4 aromatic rings. The molecular formula is C27H28N10O2. The van der Waals surface area contributed by atoms with E-state index >= 15 is 0 Å². The van der Waals surface area contributed by atoms with Crippen molar-refractivity contribution in [3.63, 3.8) is 0 Å². The van der Waals surface area contributed by atoms with Gasteiger partial charge in [-0.15, -0.1) is 5.10 Å². The summed E-state index contributed by atoms with van der Waals surface area (Å²) in [6.45, 7) is 7.99.